The Morgan fingerprint density at radius 2 is 2.10 bits per heavy atom. The number of halogens is 1. The van der Waals surface area contributed by atoms with Gasteiger partial charge in [0.25, 0.3) is 5.91 Å². The zero-order chi connectivity index (χ0) is 14.5. The van der Waals surface area contributed by atoms with E-state index in [0.717, 1.165) is 9.13 Å². The molecule has 1 unspecified atom stereocenters. The zero-order valence-electron chi connectivity index (χ0n) is 11.5. The average molecular weight is 400 g/mol. The van der Waals surface area contributed by atoms with Crippen molar-refractivity contribution in [1.29, 1.82) is 0 Å². The van der Waals surface area contributed by atoms with E-state index < -0.39 is 0 Å². The number of benzene rings is 1. The summed E-state index contributed by atoms with van der Waals surface area (Å²) >= 11 is 3.86. The van der Waals surface area contributed by atoms with Gasteiger partial charge in [0.15, 0.2) is 0 Å². The molecule has 0 fully saturated rings. The van der Waals surface area contributed by atoms with Crippen LogP contribution in [0.2, 0.25) is 0 Å². The molecule has 5 heteroatoms. The molecule has 106 valence electrons. The Balaban J connectivity index is 2.03. The largest absolute Gasteiger partial charge is 0.350 e. The van der Waals surface area contributed by atoms with Crippen molar-refractivity contribution in [3.63, 3.8) is 0 Å². The first-order valence-corrected chi connectivity index (χ1v) is 8.33. The number of hydrogen-bond donors (Lipinski definition) is 1. The quantitative estimate of drug-likeness (QED) is 0.781. The van der Waals surface area contributed by atoms with Crippen molar-refractivity contribution in [2.24, 2.45) is 0 Å². The average Bonchev–Trinajstić information content (AvgIpc) is 2.92. The molecule has 0 spiro atoms. The van der Waals surface area contributed by atoms with Crippen LogP contribution in [-0.4, -0.2) is 31.4 Å². The van der Waals surface area contributed by atoms with Crippen molar-refractivity contribution >= 4 is 39.8 Å². The summed E-state index contributed by atoms with van der Waals surface area (Å²) in [7, 11) is 4.06. The number of likely N-dealkylation sites (N-methyl/N-ethyl adjacent to an activating group) is 1. The van der Waals surface area contributed by atoms with Crippen molar-refractivity contribution in [3.8, 4) is 0 Å². The van der Waals surface area contributed by atoms with Crippen LogP contribution >= 0.6 is 33.9 Å². The molecule has 1 amide bonds. The highest BCUT2D eigenvalue weighted by Gasteiger charge is 2.16. The van der Waals surface area contributed by atoms with Crippen LogP contribution in [0, 0.1) is 3.57 Å². The predicted octanol–water partition coefficient (Wildman–Crippen LogP) is 3.39. The number of nitrogens with zero attached hydrogens (tertiary/aromatic N) is 1. The molecule has 0 aliphatic heterocycles. The smallest absolute Gasteiger partial charge is 0.252 e. The van der Waals surface area contributed by atoms with Gasteiger partial charge in [-0.3, -0.25) is 4.79 Å². The summed E-state index contributed by atoms with van der Waals surface area (Å²) in [5.74, 6) is -0.0166. The molecule has 0 aliphatic carbocycles. The Labute approximate surface area is 137 Å². The Kier molecular flexibility index (Phi) is 5.56. The fraction of sp³-hybridized carbons (Fsp3) is 0.267. The topological polar surface area (TPSA) is 32.3 Å². The van der Waals surface area contributed by atoms with Crippen LogP contribution in [0.3, 0.4) is 0 Å². The van der Waals surface area contributed by atoms with Gasteiger partial charge in [-0.25, -0.2) is 0 Å². The number of amides is 1. The summed E-state index contributed by atoms with van der Waals surface area (Å²) < 4.78 is 0.972. The van der Waals surface area contributed by atoms with E-state index in [-0.39, 0.29) is 11.9 Å². The number of hydrogen-bond acceptors (Lipinski definition) is 3. The molecule has 2 aromatic rings. The third kappa shape index (κ3) is 3.80. The van der Waals surface area contributed by atoms with Gasteiger partial charge in [0.05, 0.1) is 11.6 Å². The van der Waals surface area contributed by atoms with E-state index >= 15 is 0 Å². The molecular formula is C15H17IN2OS. The van der Waals surface area contributed by atoms with Crippen molar-refractivity contribution in [2.75, 3.05) is 20.6 Å². The lowest BCUT2D eigenvalue weighted by atomic mass is 10.1. The first-order chi connectivity index (χ1) is 9.59. The lowest BCUT2D eigenvalue weighted by Crippen LogP contribution is -2.34. The van der Waals surface area contributed by atoms with Gasteiger partial charge in [-0.05, 0) is 71.2 Å². The number of nitrogens with one attached hydrogen (secondary N) is 1. The lowest BCUT2D eigenvalue weighted by molar-refractivity contribution is 0.0941. The Hall–Kier alpha value is -0.920. The molecule has 2 rings (SSSR count). The third-order valence-corrected chi connectivity index (χ3v) is 4.77. The molecule has 0 bridgehead atoms. The van der Waals surface area contributed by atoms with Gasteiger partial charge >= 0.3 is 0 Å². The van der Waals surface area contributed by atoms with E-state index in [1.54, 1.807) is 11.3 Å². The standard InChI is InChI=1S/C15H17IN2OS/c1-18(2)14(11-7-8-20-10-11)9-17-15(19)12-5-3-4-6-13(12)16/h3-8,10,14H,9H2,1-2H3,(H,17,19). The number of carbonyl (C=O) groups excluding carboxylic acids is 1. The molecule has 20 heavy (non-hydrogen) atoms. The maximum Gasteiger partial charge on any atom is 0.252 e. The van der Waals surface area contributed by atoms with Crippen molar-refractivity contribution < 1.29 is 4.79 Å². The molecule has 0 saturated carbocycles. The number of rotatable bonds is 5. The Morgan fingerprint density at radius 1 is 1.35 bits per heavy atom. The van der Waals surface area contributed by atoms with Crippen LogP contribution in [0.4, 0.5) is 0 Å². The van der Waals surface area contributed by atoms with Crippen LogP contribution in [0.15, 0.2) is 41.1 Å². The van der Waals surface area contributed by atoms with E-state index in [4.69, 9.17) is 0 Å². The van der Waals surface area contributed by atoms with E-state index in [0.29, 0.717) is 6.54 Å². The van der Waals surface area contributed by atoms with E-state index in [1.807, 2.05) is 38.4 Å². The number of thiophene rings is 1. The minimum Gasteiger partial charge on any atom is -0.350 e. The van der Waals surface area contributed by atoms with Crippen molar-refractivity contribution in [2.45, 2.75) is 6.04 Å². The van der Waals surface area contributed by atoms with E-state index in [9.17, 15) is 4.79 Å². The summed E-state index contributed by atoms with van der Waals surface area (Å²) in [6.45, 7) is 0.605. The van der Waals surface area contributed by atoms with Crippen LogP contribution in [0.1, 0.15) is 22.0 Å². The minimum atomic E-state index is -0.0166. The SMILES string of the molecule is CN(C)C(CNC(=O)c1ccccc1I)c1ccsc1. The van der Waals surface area contributed by atoms with Crippen LogP contribution in [-0.2, 0) is 0 Å². The fourth-order valence-corrected chi connectivity index (χ4v) is 3.33. The Morgan fingerprint density at radius 3 is 2.70 bits per heavy atom. The first kappa shape index (κ1) is 15.5. The normalized spacial score (nSPS) is 12.4. The van der Waals surface area contributed by atoms with Crippen molar-refractivity contribution in [1.82, 2.24) is 10.2 Å². The lowest BCUT2D eigenvalue weighted by Gasteiger charge is -2.24. The number of carbonyl (C=O) groups is 1. The molecule has 1 aromatic heterocycles. The van der Waals surface area contributed by atoms with Gasteiger partial charge in [-0.2, -0.15) is 11.3 Å². The molecular weight excluding hydrogens is 383 g/mol. The molecule has 0 radical (unpaired) electrons. The summed E-state index contributed by atoms with van der Waals surface area (Å²) in [6.07, 6.45) is 0. The second-order valence-electron chi connectivity index (χ2n) is 4.73. The maximum absolute atomic E-state index is 12.2. The Bertz CT molecular complexity index is 569. The van der Waals surface area contributed by atoms with Gasteiger partial charge in [0.1, 0.15) is 0 Å². The molecule has 0 saturated heterocycles. The molecule has 1 atom stereocenters. The molecule has 1 aromatic carbocycles. The highest BCUT2D eigenvalue weighted by Crippen LogP contribution is 2.20. The first-order valence-electron chi connectivity index (χ1n) is 6.31. The fourth-order valence-electron chi connectivity index (χ4n) is 1.99. The van der Waals surface area contributed by atoms with E-state index in [2.05, 4.69) is 49.6 Å². The zero-order valence-corrected chi connectivity index (χ0v) is 14.4. The third-order valence-electron chi connectivity index (χ3n) is 3.13. The van der Waals surface area contributed by atoms with Crippen molar-refractivity contribution in [3.05, 3.63) is 55.8 Å². The van der Waals surface area contributed by atoms with E-state index in [1.165, 1.54) is 5.56 Å². The summed E-state index contributed by atoms with van der Waals surface area (Å²) in [5, 5.41) is 7.22. The minimum absolute atomic E-state index is 0.0166. The molecule has 1 heterocycles. The van der Waals surface area contributed by atoms with Gasteiger partial charge in [0.2, 0.25) is 0 Å². The highest BCUT2D eigenvalue weighted by molar-refractivity contribution is 14.1. The van der Waals surface area contributed by atoms with Crippen LogP contribution in [0.5, 0.6) is 0 Å². The monoisotopic (exact) mass is 400 g/mol. The second-order valence-corrected chi connectivity index (χ2v) is 6.67. The van der Waals surface area contributed by atoms with Crippen LogP contribution < -0.4 is 5.32 Å². The van der Waals surface area contributed by atoms with Gasteiger partial charge in [-0.1, -0.05) is 12.1 Å². The highest BCUT2D eigenvalue weighted by atomic mass is 127. The second kappa shape index (κ2) is 7.19. The maximum atomic E-state index is 12.2. The van der Waals surface area contributed by atoms with Gasteiger partial charge in [0, 0.05) is 10.1 Å². The van der Waals surface area contributed by atoms with Gasteiger partial charge < -0.3 is 10.2 Å². The van der Waals surface area contributed by atoms with Crippen LogP contribution in [0.25, 0.3) is 0 Å². The summed E-state index contributed by atoms with van der Waals surface area (Å²) in [5.41, 5.74) is 1.97. The van der Waals surface area contributed by atoms with Gasteiger partial charge in [-0.15, -0.1) is 0 Å². The summed E-state index contributed by atoms with van der Waals surface area (Å²) in [6, 6.07) is 9.93. The summed E-state index contributed by atoms with van der Waals surface area (Å²) in [4.78, 5) is 14.4. The molecule has 3 nitrogen and oxygen atoms in total. The molecule has 1 N–H and O–H groups in total. The molecule has 0 aliphatic rings. The predicted molar refractivity (Wildman–Crippen MR) is 92.2 cm³/mol.